The van der Waals surface area contributed by atoms with Gasteiger partial charge in [0.15, 0.2) is 17.3 Å². The van der Waals surface area contributed by atoms with Gasteiger partial charge in [0, 0.05) is 12.7 Å². The molecule has 0 aromatic carbocycles. The smallest absolute Gasteiger partial charge is 0.199 e. The van der Waals surface area contributed by atoms with E-state index in [0.29, 0.717) is 29.3 Å². The van der Waals surface area contributed by atoms with E-state index in [1.54, 1.807) is 6.20 Å². The third-order valence-electron chi connectivity index (χ3n) is 2.99. The Balaban J connectivity index is 2.40. The van der Waals surface area contributed by atoms with Gasteiger partial charge in [-0.15, -0.1) is 0 Å². The maximum Gasteiger partial charge on any atom is 0.199 e. The Kier molecular flexibility index (Phi) is 3.14. The number of aryl methyl sites for hydroxylation is 1. The summed E-state index contributed by atoms with van der Waals surface area (Å²) in [4.78, 5) is 8.64. The van der Waals surface area contributed by atoms with Crippen molar-refractivity contribution < 1.29 is 9.74 Å². The van der Waals surface area contributed by atoms with Crippen LogP contribution in [-0.4, -0.2) is 30.0 Å². The lowest BCUT2D eigenvalue weighted by atomic mass is 10.3. The minimum absolute atomic E-state index is 0.171. The Morgan fingerprint density at radius 2 is 2.25 bits per heavy atom. The summed E-state index contributed by atoms with van der Waals surface area (Å²) >= 11 is 3.45. The number of nitrogens with two attached hydrogens (primary N) is 1. The van der Waals surface area contributed by atoms with Crippen molar-refractivity contribution in [3.05, 3.63) is 16.4 Å². The molecule has 0 aliphatic carbocycles. The Morgan fingerprint density at radius 1 is 1.45 bits per heavy atom. The van der Waals surface area contributed by atoms with Crippen LogP contribution in [0.4, 0.5) is 5.82 Å². The molecule has 3 aromatic heterocycles. The van der Waals surface area contributed by atoms with Crippen LogP contribution in [0.3, 0.4) is 0 Å². The molecule has 20 heavy (non-hydrogen) atoms. The fourth-order valence-corrected chi connectivity index (χ4v) is 2.61. The normalized spacial score (nSPS) is 11.3. The second kappa shape index (κ2) is 4.84. The highest BCUT2D eigenvalue weighted by atomic mass is 79.9. The van der Waals surface area contributed by atoms with E-state index in [9.17, 15) is 5.11 Å². The first-order valence-corrected chi connectivity index (χ1v) is 6.69. The van der Waals surface area contributed by atoms with E-state index in [1.165, 1.54) is 0 Å². The van der Waals surface area contributed by atoms with Gasteiger partial charge in [-0.25, -0.2) is 9.61 Å². The van der Waals surface area contributed by atoms with Crippen LogP contribution < -0.4 is 5.73 Å². The van der Waals surface area contributed by atoms with Crippen LogP contribution in [-0.2, 0) is 13.2 Å². The van der Waals surface area contributed by atoms with Gasteiger partial charge >= 0.3 is 0 Å². The number of aromatic nitrogens is 5. The molecule has 0 saturated carbocycles. The molecule has 3 heterocycles. The van der Waals surface area contributed by atoms with Gasteiger partial charge < -0.3 is 15.4 Å². The number of fused-ring (bicyclic) bond motifs is 1. The fourth-order valence-electron chi connectivity index (χ4n) is 2.11. The zero-order valence-corrected chi connectivity index (χ0v) is 12.1. The monoisotopic (exact) mass is 338 g/mol. The summed E-state index contributed by atoms with van der Waals surface area (Å²) in [6.07, 6.45) is 1.63. The van der Waals surface area contributed by atoms with Crippen molar-refractivity contribution in [3.8, 4) is 11.5 Å². The molecule has 8 nitrogen and oxygen atoms in total. The molecule has 0 fully saturated rings. The van der Waals surface area contributed by atoms with Crippen LogP contribution in [0.2, 0.25) is 0 Å². The molecular weight excluding hydrogens is 328 g/mol. The van der Waals surface area contributed by atoms with Crippen molar-refractivity contribution in [2.24, 2.45) is 0 Å². The van der Waals surface area contributed by atoms with Crippen LogP contribution in [0.25, 0.3) is 22.6 Å². The maximum absolute atomic E-state index is 9.39. The predicted octanol–water partition coefficient (Wildman–Crippen LogP) is 1.34. The molecular formula is C11H11BrN6O2. The first kappa shape index (κ1) is 13.0. The second-order valence-electron chi connectivity index (χ2n) is 4.09. The van der Waals surface area contributed by atoms with Gasteiger partial charge in [-0.2, -0.15) is 0 Å². The van der Waals surface area contributed by atoms with Crippen LogP contribution in [0.1, 0.15) is 12.6 Å². The number of hydrogen-bond donors (Lipinski definition) is 2. The summed E-state index contributed by atoms with van der Waals surface area (Å²) in [5.41, 5.74) is 8.02. The first-order chi connectivity index (χ1) is 9.67. The highest BCUT2D eigenvalue weighted by Crippen LogP contribution is 2.31. The first-order valence-electron chi connectivity index (χ1n) is 5.90. The van der Waals surface area contributed by atoms with Gasteiger partial charge in [0.2, 0.25) is 0 Å². The molecule has 0 amide bonds. The van der Waals surface area contributed by atoms with Gasteiger partial charge in [0.1, 0.15) is 5.52 Å². The Bertz CT molecular complexity index is 781. The summed E-state index contributed by atoms with van der Waals surface area (Å²) in [7, 11) is 0. The zero-order chi connectivity index (χ0) is 14.3. The molecule has 0 saturated heterocycles. The lowest BCUT2D eigenvalue weighted by Gasteiger charge is -2.05. The molecule has 3 N–H and O–H groups in total. The average Bonchev–Trinajstić information content (AvgIpc) is 3.02. The van der Waals surface area contributed by atoms with Crippen molar-refractivity contribution in [2.45, 2.75) is 20.1 Å². The highest BCUT2D eigenvalue weighted by Gasteiger charge is 2.21. The fraction of sp³-hybridized carbons (Fsp3) is 0.273. The SMILES string of the molecule is CCn1c(-c2nonc2N)nc2c(CO)ncc(Br)c21. The molecule has 9 heteroatoms. The number of nitrogens with zero attached hydrogens (tertiary/aromatic N) is 5. The van der Waals surface area contributed by atoms with Crippen LogP contribution >= 0.6 is 15.9 Å². The zero-order valence-electron chi connectivity index (χ0n) is 10.5. The van der Waals surface area contributed by atoms with E-state index >= 15 is 0 Å². The molecule has 0 bridgehead atoms. The molecule has 0 unspecified atom stereocenters. The Morgan fingerprint density at radius 3 is 2.85 bits per heavy atom. The third-order valence-corrected chi connectivity index (χ3v) is 3.57. The quantitative estimate of drug-likeness (QED) is 0.739. The van der Waals surface area contributed by atoms with Gasteiger partial charge in [-0.05, 0) is 33.2 Å². The number of hydrogen-bond acceptors (Lipinski definition) is 7. The van der Waals surface area contributed by atoms with E-state index < -0.39 is 0 Å². The summed E-state index contributed by atoms with van der Waals surface area (Å²) < 4.78 is 7.32. The summed E-state index contributed by atoms with van der Waals surface area (Å²) in [6.45, 7) is 2.42. The lowest BCUT2D eigenvalue weighted by molar-refractivity contribution is 0.278. The van der Waals surface area contributed by atoms with Gasteiger partial charge in [-0.1, -0.05) is 0 Å². The van der Waals surface area contributed by atoms with Crippen molar-refractivity contribution >= 4 is 32.8 Å². The number of halogens is 1. The van der Waals surface area contributed by atoms with Crippen molar-refractivity contribution in [3.63, 3.8) is 0 Å². The summed E-state index contributed by atoms with van der Waals surface area (Å²) in [5.74, 6) is 0.703. The molecule has 3 rings (SSSR count). The minimum atomic E-state index is -0.198. The predicted molar refractivity (Wildman–Crippen MR) is 74.5 cm³/mol. The largest absolute Gasteiger partial charge is 0.390 e. The molecule has 0 spiro atoms. The van der Waals surface area contributed by atoms with E-state index in [1.807, 2.05) is 11.5 Å². The van der Waals surface area contributed by atoms with Crippen molar-refractivity contribution in [1.29, 1.82) is 0 Å². The average molecular weight is 339 g/mol. The Labute approximate surface area is 121 Å². The molecule has 0 aliphatic rings. The van der Waals surface area contributed by atoms with Crippen LogP contribution in [0, 0.1) is 0 Å². The number of aliphatic hydroxyl groups excluding tert-OH is 1. The van der Waals surface area contributed by atoms with Gasteiger partial charge in [0.05, 0.1) is 22.3 Å². The number of pyridine rings is 1. The van der Waals surface area contributed by atoms with E-state index in [0.717, 1.165) is 9.99 Å². The van der Waals surface area contributed by atoms with E-state index in [-0.39, 0.29) is 12.4 Å². The minimum Gasteiger partial charge on any atom is -0.390 e. The third kappa shape index (κ3) is 1.78. The van der Waals surface area contributed by atoms with Crippen molar-refractivity contribution in [1.82, 2.24) is 24.8 Å². The highest BCUT2D eigenvalue weighted by molar-refractivity contribution is 9.10. The van der Waals surface area contributed by atoms with Gasteiger partial charge in [-0.3, -0.25) is 4.98 Å². The van der Waals surface area contributed by atoms with Crippen molar-refractivity contribution in [2.75, 3.05) is 5.73 Å². The molecule has 104 valence electrons. The number of anilines is 1. The molecule has 3 aromatic rings. The standard InChI is InChI=1S/C11H11BrN6O2/c1-2-18-9-5(12)3-14-6(4-19)7(9)15-11(18)8-10(13)17-20-16-8/h3,19H,2,4H2,1H3,(H2,13,17). The summed E-state index contributed by atoms with van der Waals surface area (Å²) in [6, 6.07) is 0. The Hall–Kier alpha value is -2.00. The maximum atomic E-state index is 9.39. The van der Waals surface area contributed by atoms with E-state index in [4.69, 9.17) is 5.73 Å². The number of rotatable bonds is 3. The topological polar surface area (TPSA) is 116 Å². The molecule has 0 atom stereocenters. The number of aliphatic hydroxyl groups is 1. The second-order valence-corrected chi connectivity index (χ2v) is 4.94. The van der Waals surface area contributed by atoms with Crippen LogP contribution in [0.15, 0.2) is 15.3 Å². The number of imidazole rings is 1. The van der Waals surface area contributed by atoms with E-state index in [2.05, 4.69) is 40.8 Å². The van der Waals surface area contributed by atoms with Gasteiger partial charge in [0.25, 0.3) is 0 Å². The molecule has 0 aliphatic heterocycles. The number of nitrogen functional groups attached to an aromatic ring is 1. The van der Waals surface area contributed by atoms with Crippen LogP contribution in [0.5, 0.6) is 0 Å². The lowest BCUT2D eigenvalue weighted by Crippen LogP contribution is -2.00. The summed E-state index contributed by atoms with van der Waals surface area (Å²) in [5, 5.41) is 16.7. The molecule has 0 radical (unpaired) electrons.